The molecule has 1 N–H and O–H groups in total. The van der Waals surface area contributed by atoms with Crippen LogP contribution in [0.1, 0.15) is 51.1 Å². The fraction of sp³-hybridized carbons (Fsp3) is 0.722. The number of aryl methyl sites for hydroxylation is 1. The van der Waals surface area contributed by atoms with E-state index in [2.05, 4.69) is 18.9 Å². The number of nitrogens with zero attached hydrogens (tertiary/aromatic N) is 3. The molecular formula is C18H31N3O3. The molecule has 0 aliphatic heterocycles. The summed E-state index contributed by atoms with van der Waals surface area (Å²) in [7, 11) is 0. The van der Waals surface area contributed by atoms with Crippen molar-refractivity contribution < 1.29 is 14.7 Å². The van der Waals surface area contributed by atoms with E-state index in [1.54, 1.807) is 0 Å². The number of amides is 1. The van der Waals surface area contributed by atoms with E-state index in [9.17, 15) is 9.59 Å². The van der Waals surface area contributed by atoms with E-state index in [0.717, 1.165) is 23.5 Å². The number of carboxylic acids is 1. The lowest BCUT2D eigenvalue weighted by atomic mass is 10.1. The Balaban J connectivity index is 2.77. The summed E-state index contributed by atoms with van der Waals surface area (Å²) in [6.45, 7) is 13.3. The lowest BCUT2D eigenvalue weighted by Gasteiger charge is -2.22. The third-order valence-corrected chi connectivity index (χ3v) is 3.92. The number of carboxylic acid groups (broad SMARTS) is 1. The molecule has 1 aromatic heterocycles. The van der Waals surface area contributed by atoms with E-state index in [1.165, 1.54) is 4.90 Å². The van der Waals surface area contributed by atoms with Crippen molar-refractivity contribution in [3.05, 3.63) is 17.0 Å². The molecule has 0 bridgehead atoms. The molecule has 0 spiro atoms. The van der Waals surface area contributed by atoms with E-state index < -0.39 is 5.97 Å². The molecule has 0 aliphatic rings. The molecule has 1 aromatic rings. The summed E-state index contributed by atoms with van der Waals surface area (Å²) >= 11 is 0. The van der Waals surface area contributed by atoms with Gasteiger partial charge in [-0.1, -0.05) is 27.7 Å². The smallest absolute Gasteiger partial charge is 0.323 e. The lowest BCUT2D eigenvalue weighted by Crippen LogP contribution is -2.38. The van der Waals surface area contributed by atoms with Gasteiger partial charge in [-0.3, -0.25) is 14.3 Å². The van der Waals surface area contributed by atoms with E-state index >= 15 is 0 Å². The molecule has 0 fully saturated rings. The average molecular weight is 337 g/mol. The van der Waals surface area contributed by atoms with Gasteiger partial charge in [-0.25, -0.2) is 0 Å². The minimum absolute atomic E-state index is 0.110. The zero-order valence-corrected chi connectivity index (χ0v) is 15.8. The minimum Gasteiger partial charge on any atom is -0.480 e. The number of carbonyl (C=O) groups is 2. The van der Waals surface area contributed by atoms with Crippen molar-refractivity contribution >= 4 is 11.9 Å². The number of hydrogen-bond acceptors (Lipinski definition) is 3. The third kappa shape index (κ3) is 5.98. The summed E-state index contributed by atoms with van der Waals surface area (Å²) in [5, 5.41) is 13.6. The molecule has 0 saturated carbocycles. The van der Waals surface area contributed by atoms with Crippen molar-refractivity contribution in [2.75, 3.05) is 13.1 Å². The predicted molar refractivity (Wildman–Crippen MR) is 93.9 cm³/mol. The van der Waals surface area contributed by atoms with Crippen LogP contribution in [0.5, 0.6) is 0 Å². The van der Waals surface area contributed by atoms with Crippen LogP contribution in [0.3, 0.4) is 0 Å². The van der Waals surface area contributed by atoms with Crippen LogP contribution in [-0.2, 0) is 22.6 Å². The summed E-state index contributed by atoms with van der Waals surface area (Å²) in [6, 6.07) is 0. The molecule has 0 aliphatic carbocycles. The number of carbonyl (C=O) groups excluding carboxylic acids is 1. The van der Waals surface area contributed by atoms with Crippen molar-refractivity contribution in [3.63, 3.8) is 0 Å². The number of hydrogen-bond donors (Lipinski definition) is 1. The molecule has 6 heteroatoms. The Morgan fingerprint density at radius 3 is 2.29 bits per heavy atom. The number of aromatic nitrogens is 2. The van der Waals surface area contributed by atoms with E-state index in [0.29, 0.717) is 25.3 Å². The summed E-state index contributed by atoms with van der Waals surface area (Å²) in [5.41, 5.74) is 3.15. The third-order valence-electron chi connectivity index (χ3n) is 3.92. The van der Waals surface area contributed by atoms with Crippen LogP contribution in [0.2, 0.25) is 0 Å². The second-order valence-electron chi connectivity index (χ2n) is 7.29. The van der Waals surface area contributed by atoms with Gasteiger partial charge in [-0.2, -0.15) is 5.10 Å². The molecule has 1 heterocycles. The van der Waals surface area contributed by atoms with Crippen molar-refractivity contribution in [2.45, 2.75) is 60.9 Å². The Bertz CT molecular complexity index is 576. The second-order valence-corrected chi connectivity index (χ2v) is 7.29. The summed E-state index contributed by atoms with van der Waals surface area (Å²) in [4.78, 5) is 24.8. The van der Waals surface area contributed by atoms with Crippen molar-refractivity contribution in [1.29, 1.82) is 0 Å². The fourth-order valence-corrected chi connectivity index (χ4v) is 2.87. The van der Waals surface area contributed by atoms with Gasteiger partial charge in [-0.15, -0.1) is 0 Å². The second kappa shape index (κ2) is 8.85. The highest BCUT2D eigenvalue weighted by atomic mass is 16.4. The zero-order chi connectivity index (χ0) is 18.4. The SMILES string of the molecule is Cc1nn(CC(C)C)c(C)c1CCC(=O)N(CC(=O)O)CC(C)C. The Labute approximate surface area is 144 Å². The van der Waals surface area contributed by atoms with Crippen LogP contribution in [0.25, 0.3) is 0 Å². The van der Waals surface area contributed by atoms with Crippen molar-refractivity contribution in [1.82, 2.24) is 14.7 Å². The van der Waals surface area contributed by atoms with Gasteiger partial charge in [0.25, 0.3) is 0 Å². The van der Waals surface area contributed by atoms with Gasteiger partial charge < -0.3 is 10.0 Å². The molecule has 1 amide bonds. The molecule has 1 rings (SSSR count). The van der Waals surface area contributed by atoms with Crippen LogP contribution in [-0.4, -0.2) is 44.8 Å². The van der Waals surface area contributed by atoms with Crippen molar-refractivity contribution in [2.24, 2.45) is 11.8 Å². The molecule has 0 radical (unpaired) electrons. The molecule has 0 unspecified atom stereocenters. The van der Waals surface area contributed by atoms with E-state index in [4.69, 9.17) is 5.11 Å². The first-order valence-corrected chi connectivity index (χ1v) is 8.64. The largest absolute Gasteiger partial charge is 0.480 e. The van der Waals surface area contributed by atoms with E-state index in [1.807, 2.05) is 32.4 Å². The Morgan fingerprint density at radius 2 is 1.79 bits per heavy atom. The minimum atomic E-state index is -0.971. The summed E-state index contributed by atoms with van der Waals surface area (Å²) in [6.07, 6.45) is 0.915. The topological polar surface area (TPSA) is 75.4 Å². The molecule has 6 nitrogen and oxygen atoms in total. The maximum atomic E-state index is 12.4. The standard InChI is InChI=1S/C18H31N3O3/c1-12(2)9-20(11-18(23)24)17(22)8-7-16-14(5)19-21(15(16)6)10-13(3)4/h12-13H,7-11H2,1-6H3,(H,23,24). The quantitative estimate of drug-likeness (QED) is 0.751. The Kier molecular flexibility index (Phi) is 7.45. The van der Waals surface area contributed by atoms with Crippen LogP contribution in [0.15, 0.2) is 0 Å². The predicted octanol–water partition coefficient (Wildman–Crippen LogP) is 2.66. The highest BCUT2D eigenvalue weighted by molar-refractivity contribution is 5.81. The molecular weight excluding hydrogens is 306 g/mol. The van der Waals surface area contributed by atoms with Crippen LogP contribution in [0, 0.1) is 25.7 Å². The van der Waals surface area contributed by atoms with Crippen molar-refractivity contribution in [3.8, 4) is 0 Å². The van der Waals surface area contributed by atoms with E-state index in [-0.39, 0.29) is 18.4 Å². The maximum Gasteiger partial charge on any atom is 0.323 e. The average Bonchev–Trinajstić information content (AvgIpc) is 2.68. The molecule has 24 heavy (non-hydrogen) atoms. The lowest BCUT2D eigenvalue weighted by molar-refractivity contribution is -0.144. The Hall–Kier alpha value is -1.85. The Morgan fingerprint density at radius 1 is 1.17 bits per heavy atom. The first kappa shape index (κ1) is 20.2. The zero-order valence-electron chi connectivity index (χ0n) is 15.8. The van der Waals surface area contributed by atoms with Gasteiger partial charge in [0.2, 0.25) is 5.91 Å². The van der Waals surface area contributed by atoms with Gasteiger partial charge >= 0.3 is 5.97 Å². The molecule has 0 atom stereocenters. The first-order chi connectivity index (χ1) is 11.1. The first-order valence-electron chi connectivity index (χ1n) is 8.64. The molecule has 0 saturated heterocycles. The molecule has 136 valence electrons. The van der Waals surface area contributed by atoms with Gasteiger partial charge in [0.15, 0.2) is 0 Å². The van der Waals surface area contributed by atoms with Crippen LogP contribution >= 0.6 is 0 Å². The number of aliphatic carboxylic acids is 1. The highest BCUT2D eigenvalue weighted by Crippen LogP contribution is 2.17. The van der Waals surface area contributed by atoms with Gasteiger partial charge in [0, 0.05) is 25.2 Å². The summed E-state index contributed by atoms with van der Waals surface area (Å²) in [5.74, 6) is -0.331. The van der Waals surface area contributed by atoms with Crippen LogP contribution < -0.4 is 0 Å². The normalized spacial score (nSPS) is 11.3. The monoisotopic (exact) mass is 337 g/mol. The van der Waals surface area contributed by atoms with Gasteiger partial charge in [0.1, 0.15) is 6.54 Å². The summed E-state index contributed by atoms with van der Waals surface area (Å²) < 4.78 is 2.00. The maximum absolute atomic E-state index is 12.4. The highest BCUT2D eigenvalue weighted by Gasteiger charge is 2.19. The van der Waals surface area contributed by atoms with Gasteiger partial charge in [0.05, 0.1) is 5.69 Å². The number of rotatable bonds is 9. The molecule has 0 aromatic carbocycles. The van der Waals surface area contributed by atoms with Gasteiger partial charge in [-0.05, 0) is 37.7 Å². The van der Waals surface area contributed by atoms with Crippen LogP contribution in [0.4, 0.5) is 0 Å². The fourth-order valence-electron chi connectivity index (χ4n) is 2.87.